The number of aliphatic imine (C=N–C) groups is 2. The maximum absolute atomic E-state index is 5.86. The number of benzene rings is 1. The van der Waals surface area contributed by atoms with Crippen LogP contribution in [-0.4, -0.2) is 23.8 Å². The van der Waals surface area contributed by atoms with Crippen molar-refractivity contribution in [1.29, 1.82) is 0 Å². The molecule has 2 N–H and O–H groups in total. The average Bonchev–Trinajstić information content (AvgIpc) is 2.29. The standard InChI is InChI=1S/C11H15N3S/c1-3-13-11(15-2)14-10(12)9-7-5-4-6-8-9/h4-8H,3H2,1-2H3,(H2,12,13,14). The van der Waals surface area contributed by atoms with Crippen LogP contribution < -0.4 is 5.73 Å². The van der Waals surface area contributed by atoms with Gasteiger partial charge in [0.15, 0.2) is 5.17 Å². The first-order valence-corrected chi connectivity index (χ1v) is 5.98. The summed E-state index contributed by atoms with van der Waals surface area (Å²) in [5.74, 6) is 0.511. The summed E-state index contributed by atoms with van der Waals surface area (Å²) in [5.41, 5.74) is 6.78. The van der Waals surface area contributed by atoms with E-state index in [0.717, 1.165) is 17.3 Å². The number of hydrogen-bond donors (Lipinski definition) is 1. The lowest BCUT2D eigenvalue weighted by Gasteiger charge is -2.01. The Balaban J connectivity index is 2.88. The molecule has 0 aliphatic carbocycles. The van der Waals surface area contributed by atoms with Gasteiger partial charge in [0.25, 0.3) is 0 Å². The molecule has 1 aromatic rings. The number of thioether (sulfide) groups is 1. The zero-order chi connectivity index (χ0) is 11.1. The zero-order valence-electron chi connectivity index (χ0n) is 8.97. The van der Waals surface area contributed by atoms with Gasteiger partial charge in [0.05, 0.1) is 0 Å². The highest BCUT2D eigenvalue weighted by molar-refractivity contribution is 8.13. The van der Waals surface area contributed by atoms with Gasteiger partial charge in [-0.25, -0.2) is 4.99 Å². The number of nitrogens with two attached hydrogens (primary N) is 1. The Morgan fingerprint density at radius 3 is 2.53 bits per heavy atom. The summed E-state index contributed by atoms with van der Waals surface area (Å²) in [6.45, 7) is 2.70. The fraction of sp³-hybridized carbons (Fsp3) is 0.273. The van der Waals surface area contributed by atoms with Gasteiger partial charge < -0.3 is 5.73 Å². The molecular formula is C11H15N3S. The molecule has 0 heterocycles. The Morgan fingerprint density at radius 2 is 2.00 bits per heavy atom. The average molecular weight is 221 g/mol. The Kier molecular flexibility index (Phi) is 4.90. The van der Waals surface area contributed by atoms with Crippen LogP contribution in [0.1, 0.15) is 12.5 Å². The van der Waals surface area contributed by atoms with Gasteiger partial charge in [-0.2, -0.15) is 0 Å². The van der Waals surface area contributed by atoms with Crippen LogP contribution in [0.3, 0.4) is 0 Å². The summed E-state index contributed by atoms with van der Waals surface area (Å²) in [4.78, 5) is 8.48. The lowest BCUT2D eigenvalue weighted by molar-refractivity contribution is 1.13. The van der Waals surface area contributed by atoms with E-state index < -0.39 is 0 Å². The van der Waals surface area contributed by atoms with Crippen LogP contribution in [0.15, 0.2) is 40.3 Å². The molecule has 0 atom stereocenters. The molecule has 0 amide bonds. The van der Waals surface area contributed by atoms with Gasteiger partial charge in [-0.1, -0.05) is 42.1 Å². The molecule has 0 aliphatic rings. The van der Waals surface area contributed by atoms with Gasteiger partial charge in [-0.05, 0) is 13.2 Å². The van der Waals surface area contributed by atoms with Crippen molar-refractivity contribution in [1.82, 2.24) is 0 Å². The van der Waals surface area contributed by atoms with E-state index in [0.29, 0.717) is 5.84 Å². The normalized spacial score (nSPS) is 12.9. The Hall–Kier alpha value is -1.29. The van der Waals surface area contributed by atoms with Crippen molar-refractivity contribution >= 4 is 22.8 Å². The summed E-state index contributed by atoms with van der Waals surface area (Å²) in [6.07, 6.45) is 1.94. The van der Waals surface area contributed by atoms with Gasteiger partial charge >= 0.3 is 0 Å². The van der Waals surface area contributed by atoms with E-state index in [2.05, 4.69) is 9.98 Å². The van der Waals surface area contributed by atoms with Crippen LogP contribution in [-0.2, 0) is 0 Å². The minimum absolute atomic E-state index is 0.511. The quantitative estimate of drug-likeness (QED) is 0.614. The summed E-state index contributed by atoms with van der Waals surface area (Å²) >= 11 is 1.50. The highest BCUT2D eigenvalue weighted by Crippen LogP contribution is 2.03. The van der Waals surface area contributed by atoms with E-state index in [-0.39, 0.29) is 0 Å². The SMILES string of the molecule is CC/N=C(/N=C(/N)c1ccccc1)SC. The molecule has 0 bridgehead atoms. The molecule has 0 radical (unpaired) electrons. The molecule has 1 aromatic carbocycles. The molecule has 3 nitrogen and oxygen atoms in total. The third-order valence-electron chi connectivity index (χ3n) is 1.76. The number of nitrogens with zero attached hydrogens (tertiary/aromatic N) is 2. The molecule has 15 heavy (non-hydrogen) atoms. The first-order valence-electron chi connectivity index (χ1n) is 4.76. The first-order chi connectivity index (χ1) is 7.27. The van der Waals surface area contributed by atoms with Crippen molar-refractivity contribution in [2.24, 2.45) is 15.7 Å². The Bertz CT molecular complexity index is 357. The van der Waals surface area contributed by atoms with Crippen molar-refractivity contribution in [3.05, 3.63) is 35.9 Å². The minimum atomic E-state index is 0.511. The monoisotopic (exact) mass is 221 g/mol. The van der Waals surface area contributed by atoms with E-state index in [4.69, 9.17) is 5.73 Å². The van der Waals surface area contributed by atoms with Crippen molar-refractivity contribution in [3.8, 4) is 0 Å². The summed E-state index contributed by atoms with van der Waals surface area (Å²) in [7, 11) is 0. The Labute approximate surface area is 94.5 Å². The lowest BCUT2D eigenvalue weighted by atomic mass is 10.2. The van der Waals surface area contributed by atoms with Gasteiger partial charge in [-0.3, -0.25) is 4.99 Å². The molecule has 0 aromatic heterocycles. The highest BCUT2D eigenvalue weighted by atomic mass is 32.2. The van der Waals surface area contributed by atoms with E-state index in [1.165, 1.54) is 11.8 Å². The molecule has 0 saturated heterocycles. The third kappa shape index (κ3) is 3.75. The summed E-state index contributed by atoms with van der Waals surface area (Å²) in [6, 6.07) is 9.69. The second kappa shape index (κ2) is 6.24. The van der Waals surface area contributed by atoms with Gasteiger partial charge in [0.2, 0.25) is 0 Å². The summed E-state index contributed by atoms with van der Waals surface area (Å²) in [5, 5.41) is 0.721. The van der Waals surface area contributed by atoms with Crippen LogP contribution >= 0.6 is 11.8 Å². The molecule has 0 unspecified atom stereocenters. The van der Waals surface area contributed by atoms with Crippen LogP contribution in [0.4, 0.5) is 0 Å². The number of hydrogen-bond acceptors (Lipinski definition) is 2. The van der Waals surface area contributed by atoms with Crippen LogP contribution in [0.25, 0.3) is 0 Å². The second-order valence-corrected chi connectivity index (χ2v) is 3.60. The smallest absolute Gasteiger partial charge is 0.184 e. The molecule has 0 aliphatic heterocycles. The first kappa shape index (κ1) is 11.8. The van der Waals surface area contributed by atoms with Crippen molar-refractivity contribution in [3.63, 3.8) is 0 Å². The Morgan fingerprint density at radius 1 is 1.33 bits per heavy atom. The molecule has 0 spiro atoms. The molecule has 0 fully saturated rings. The second-order valence-electron chi connectivity index (χ2n) is 2.82. The van der Waals surface area contributed by atoms with Gasteiger partial charge in [-0.15, -0.1) is 0 Å². The van der Waals surface area contributed by atoms with E-state index >= 15 is 0 Å². The maximum Gasteiger partial charge on any atom is 0.184 e. The summed E-state index contributed by atoms with van der Waals surface area (Å²) < 4.78 is 0. The molecule has 1 rings (SSSR count). The number of amidine groups is 2. The van der Waals surface area contributed by atoms with E-state index in [1.807, 2.05) is 43.5 Å². The predicted octanol–water partition coefficient (Wildman–Crippen LogP) is 2.13. The van der Waals surface area contributed by atoms with E-state index in [9.17, 15) is 0 Å². The number of rotatable bonds is 2. The predicted molar refractivity (Wildman–Crippen MR) is 68.7 cm³/mol. The molecular weight excluding hydrogens is 206 g/mol. The molecule has 0 saturated carbocycles. The van der Waals surface area contributed by atoms with Crippen LogP contribution in [0.2, 0.25) is 0 Å². The maximum atomic E-state index is 5.86. The van der Waals surface area contributed by atoms with E-state index in [1.54, 1.807) is 0 Å². The highest BCUT2D eigenvalue weighted by Gasteiger charge is 1.99. The fourth-order valence-electron chi connectivity index (χ4n) is 1.06. The largest absolute Gasteiger partial charge is 0.383 e. The van der Waals surface area contributed by atoms with Gasteiger partial charge in [0.1, 0.15) is 5.84 Å². The van der Waals surface area contributed by atoms with Crippen molar-refractivity contribution in [2.75, 3.05) is 12.8 Å². The lowest BCUT2D eigenvalue weighted by Crippen LogP contribution is -2.14. The molecule has 80 valence electrons. The fourth-order valence-corrected chi connectivity index (χ4v) is 1.51. The van der Waals surface area contributed by atoms with Crippen molar-refractivity contribution in [2.45, 2.75) is 6.92 Å². The minimum Gasteiger partial charge on any atom is -0.383 e. The third-order valence-corrected chi connectivity index (χ3v) is 2.35. The van der Waals surface area contributed by atoms with Crippen LogP contribution in [0, 0.1) is 0 Å². The van der Waals surface area contributed by atoms with Gasteiger partial charge in [0, 0.05) is 12.1 Å². The topological polar surface area (TPSA) is 50.7 Å². The van der Waals surface area contributed by atoms with Crippen LogP contribution in [0.5, 0.6) is 0 Å². The molecule has 4 heteroatoms. The van der Waals surface area contributed by atoms with Crippen molar-refractivity contribution < 1.29 is 0 Å². The zero-order valence-corrected chi connectivity index (χ0v) is 9.79.